The van der Waals surface area contributed by atoms with Crippen LogP contribution in [0.1, 0.15) is 44.9 Å². The maximum Gasteiger partial charge on any atom is 0.169 e. The van der Waals surface area contributed by atoms with Gasteiger partial charge in [0, 0.05) is 32.8 Å². The molecule has 0 aromatic heterocycles. The first kappa shape index (κ1) is 14.1. The summed E-state index contributed by atoms with van der Waals surface area (Å²) < 4.78 is 5.06. The van der Waals surface area contributed by atoms with Crippen LogP contribution in [0, 0.1) is 5.92 Å². The Morgan fingerprint density at radius 3 is 2.89 bits per heavy atom. The van der Waals surface area contributed by atoms with E-state index in [1.165, 1.54) is 38.5 Å². The third-order valence-electron chi connectivity index (χ3n) is 4.31. The van der Waals surface area contributed by atoms with Gasteiger partial charge in [0.2, 0.25) is 0 Å². The highest BCUT2D eigenvalue weighted by molar-refractivity contribution is 7.80. The number of piperidine rings is 1. The van der Waals surface area contributed by atoms with Crippen LogP contribution in [-0.2, 0) is 4.74 Å². The summed E-state index contributed by atoms with van der Waals surface area (Å²) in [6.45, 7) is 2.89. The highest BCUT2D eigenvalue weighted by Crippen LogP contribution is 2.35. The minimum absolute atomic E-state index is 0.718. The molecular formula is C14H26N2OS. The standard InChI is InChI=1S/C14H26N2OS/c1-17-11-5-9-15-14(18)16-10-4-7-12-6-2-3-8-13(12)16/h12-13H,2-11H2,1H3,(H,15,18)/t12-,13-/m1/s1. The zero-order valence-electron chi connectivity index (χ0n) is 11.5. The molecule has 2 atom stereocenters. The first-order valence-corrected chi connectivity index (χ1v) is 7.77. The minimum atomic E-state index is 0.718. The lowest BCUT2D eigenvalue weighted by Crippen LogP contribution is -2.53. The van der Waals surface area contributed by atoms with Crippen LogP contribution in [0.5, 0.6) is 0 Å². The van der Waals surface area contributed by atoms with Gasteiger partial charge in [0.05, 0.1) is 0 Å². The van der Waals surface area contributed by atoms with Crippen LogP contribution in [0.4, 0.5) is 0 Å². The smallest absolute Gasteiger partial charge is 0.169 e. The van der Waals surface area contributed by atoms with Gasteiger partial charge in [0.1, 0.15) is 0 Å². The van der Waals surface area contributed by atoms with E-state index in [1.807, 2.05) is 0 Å². The molecule has 1 aliphatic heterocycles. The number of thiocarbonyl (C=S) groups is 1. The van der Waals surface area contributed by atoms with E-state index in [9.17, 15) is 0 Å². The van der Waals surface area contributed by atoms with E-state index in [0.29, 0.717) is 0 Å². The van der Waals surface area contributed by atoms with Crippen molar-refractivity contribution in [3.05, 3.63) is 0 Å². The van der Waals surface area contributed by atoms with Gasteiger partial charge >= 0.3 is 0 Å². The van der Waals surface area contributed by atoms with E-state index in [4.69, 9.17) is 17.0 Å². The number of fused-ring (bicyclic) bond motifs is 1. The molecule has 1 aliphatic carbocycles. The molecule has 104 valence electrons. The molecule has 2 aliphatic rings. The Morgan fingerprint density at radius 2 is 2.06 bits per heavy atom. The molecule has 1 saturated heterocycles. The van der Waals surface area contributed by atoms with Gasteiger partial charge in [-0.25, -0.2) is 0 Å². The fourth-order valence-electron chi connectivity index (χ4n) is 3.39. The molecule has 0 bridgehead atoms. The van der Waals surface area contributed by atoms with Crippen molar-refractivity contribution in [2.45, 2.75) is 51.0 Å². The minimum Gasteiger partial charge on any atom is -0.385 e. The number of nitrogens with zero attached hydrogens (tertiary/aromatic N) is 1. The molecule has 1 saturated carbocycles. The van der Waals surface area contributed by atoms with E-state index in [0.717, 1.165) is 43.2 Å². The molecule has 0 aromatic rings. The van der Waals surface area contributed by atoms with Crippen molar-refractivity contribution in [2.24, 2.45) is 5.92 Å². The van der Waals surface area contributed by atoms with Crippen LogP contribution in [0.15, 0.2) is 0 Å². The average Bonchev–Trinajstić information content (AvgIpc) is 2.43. The lowest BCUT2D eigenvalue weighted by molar-refractivity contribution is 0.118. The van der Waals surface area contributed by atoms with Crippen LogP contribution >= 0.6 is 12.2 Å². The largest absolute Gasteiger partial charge is 0.385 e. The molecule has 2 fully saturated rings. The molecule has 0 amide bonds. The second-order valence-electron chi connectivity index (χ2n) is 5.53. The van der Waals surface area contributed by atoms with Gasteiger partial charge in [-0.1, -0.05) is 12.8 Å². The Kier molecular flexibility index (Phi) is 5.70. The van der Waals surface area contributed by atoms with Crippen molar-refractivity contribution in [3.63, 3.8) is 0 Å². The molecule has 18 heavy (non-hydrogen) atoms. The molecular weight excluding hydrogens is 244 g/mol. The summed E-state index contributed by atoms with van der Waals surface area (Å²) in [5, 5.41) is 4.37. The molecule has 0 aromatic carbocycles. The zero-order valence-corrected chi connectivity index (χ0v) is 12.3. The van der Waals surface area contributed by atoms with Gasteiger partial charge in [0.25, 0.3) is 0 Å². The predicted molar refractivity (Wildman–Crippen MR) is 78.8 cm³/mol. The number of methoxy groups -OCH3 is 1. The van der Waals surface area contributed by atoms with Gasteiger partial charge in [0.15, 0.2) is 5.11 Å². The second-order valence-corrected chi connectivity index (χ2v) is 5.91. The zero-order chi connectivity index (χ0) is 12.8. The number of likely N-dealkylation sites (tertiary alicyclic amines) is 1. The highest BCUT2D eigenvalue weighted by atomic mass is 32.1. The Morgan fingerprint density at radius 1 is 1.28 bits per heavy atom. The third kappa shape index (κ3) is 3.58. The van der Waals surface area contributed by atoms with E-state index in [1.54, 1.807) is 7.11 Å². The Hall–Kier alpha value is -0.350. The third-order valence-corrected chi connectivity index (χ3v) is 4.68. The first-order valence-electron chi connectivity index (χ1n) is 7.36. The second kappa shape index (κ2) is 7.29. The average molecular weight is 270 g/mol. The molecule has 2 rings (SSSR count). The number of ether oxygens (including phenoxy) is 1. The molecule has 4 heteroatoms. The summed E-state index contributed by atoms with van der Waals surface area (Å²) in [7, 11) is 1.75. The Labute approximate surface area is 116 Å². The number of nitrogens with one attached hydrogen (secondary N) is 1. The normalized spacial score (nSPS) is 27.7. The summed E-state index contributed by atoms with van der Waals surface area (Å²) >= 11 is 5.57. The lowest BCUT2D eigenvalue weighted by atomic mass is 9.78. The first-order chi connectivity index (χ1) is 8.83. The van der Waals surface area contributed by atoms with Crippen molar-refractivity contribution in [1.29, 1.82) is 0 Å². The van der Waals surface area contributed by atoms with Crippen molar-refractivity contribution in [2.75, 3.05) is 26.8 Å². The van der Waals surface area contributed by atoms with Crippen LogP contribution in [0.3, 0.4) is 0 Å². The Bertz CT molecular complexity index is 271. The maximum atomic E-state index is 5.57. The van der Waals surface area contributed by atoms with E-state index < -0.39 is 0 Å². The lowest BCUT2D eigenvalue weighted by Gasteiger charge is -2.45. The van der Waals surface area contributed by atoms with Gasteiger partial charge in [-0.3, -0.25) is 0 Å². The molecule has 0 radical (unpaired) electrons. The van der Waals surface area contributed by atoms with E-state index in [2.05, 4.69) is 10.2 Å². The highest BCUT2D eigenvalue weighted by Gasteiger charge is 2.34. The van der Waals surface area contributed by atoms with Gasteiger partial charge in [-0.2, -0.15) is 0 Å². The molecule has 0 unspecified atom stereocenters. The fraction of sp³-hybridized carbons (Fsp3) is 0.929. The van der Waals surface area contributed by atoms with Crippen LogP contribution < -0.4 is 5.32 Å². The Balaban J connectivity index is 1.80. The van der Waals surface area contributed by atoms with Crippen LogP contribution in [0.25, 0.3) is 0 Å². The number of hydrogen-bond acceptors (Lipinski definition) is 2. The van der Waals surface area contributed by atoms with Gasteiger partial charge in [-0.05, 0) is 50.2 Å². The summed E-state index contributed by atoms with van der Waals surface area (Å²) in [6.07, 6.45) is 9.29. The monoisotopic (exact) mass is 270 g/mol. The SMILES string of the molecule is COCCCNC(=S)N1CCC[C@H]2CCCC[C@H]21. The van der Waals surface area contributed by atoms with Crippen molar-refractivity contribution >= 4 is 17.3 Å². The van der Waals surface area contributed by atoms with E-state index >= 15 is 0 Å². The summed E-state index contributed by atoms with van der Waals surface area (Å²) in [5.74, 6) is 0.895. The van der Waals surface area contributed by atoms with Crippen molar-refractivity contribution in [1.82, 2.24) is 10.2 Å². The topological polar surface area (TPSA) is 24.5 Å². The van der Waals surface area contributed by atoms with Gasteiger partial charge < -0.3 is 15.0 Å². The quantitative estimate of drug-likeness (QED) is 0.627. The van der Waals surface area contributed by atoms with Gasteiger partial charge in [-0.15, -0.1) is 0 Å². The fourth-order valence-corrected chi connectivity index (χ4v) is 3.72. The van der Waals surface area contributed by atoms with Crippen LogP contribution in [-0.4, -0.2) is 42.9 Å². The molecule has 1 heterocycles. The molecule has 3 nitrogen and oxygen atoms in total. The number of hydrogen-bond donors (Lipinski definition) is 1. The molecule has 0 spiro atoms. The summed E-state index contributed by atoms with van der Waals surface area (Å²) in [4.78, 5) is 2.47. The van der Waals surface area contributed by atoms with Crippen LogP contribution in [0.2, 0.25) is 0 Å². The van der Waals surface area contributed by atoms with Crippen molar-refractivity contribution < 1.29 is 4.74 Å². The summed E-state index contributed by atoms with van der Waals surface area (Å²) in [5.41, 5.74) is 0. The number of rotatable bonds is 4. The summed E-state index contributed by atoms with van der Waals surface area (Å²) in [6, 6.07) is 0.718. The molecule has 1 N–H and O–H groups in total. The van der Waals surface area contributed by atoms with Crippen molar-refractivity contribution in [3.8, 4) is 0 Å². The predicted octanol–water partition coefficient (Wildman–Crippen LogP) is 2.55. The maximum absolute atomic E-state index is 5.57. The van der Waals surface area contributed by atoms with E-state index in [-0.39, 0.29) is 0 Å².